The lowest BCUT2D eigenvalue weighted by Gasteiger charge is -2.27. The maximum Gasteiger partial charge on any atom is 0.166 e. The molecule has 0 spiro atoms. The Balaban J connectivity index is 1.82. The average molecular weight is 384 g/mol. The second kappa shape index (κ2) is 6.58. The predicted octanol–water partition coefficient (Wildman–Crippen LogP) is 3.50. The molecule has 28 heavy (non-hydrogen) atoms. The largest absolute Gasteiger partial charge is 0.382 e. The normalized spacial score (nSPS) is 30.8. The highest BCUT2D eigenvalue weighted by Gasteiger charge is 2.30. The lowest BCUT2D eigenvalue weighted by Crippen LogP contribution is -2.26. The molecular formula is C21H23FN6. The van der Waals surface area contributed by atoms with Gasteiger partial charge in [-0.2, -0.15) is 5.10 Å². The molecule has 1 saturated heterocycles. The highest BCUT2D eigenvalue weighted by molar-refractivity contribution is 5.74. The van der Waals surface area contributed by atoms with Gasteiger partial charge in [-0.3, -0.25) is 4.98 Å². The summed E-state index contributed by atoms with van der Waals surface area (Å²) in [4.78, 5) is 10.4. The fraction of sp³-hybridized carbons (Fsp3) is 0.381. The molecule has 0 radical (unpaired) electrons. The molecule has 2 atom stereocenters. The monoisotopic (exact) mass is 384 g/mol. The summed E-state index contributed by atoms with van der Waals surface area (Å²) in [5.74, 6) is -0.313. The van der Waals surface area contributed by atoms with Gasteiger partial charge in [0.25, 0.3) is 0 Å². The summed E-state index contributed by atoms with van der Waals surface area (Å²) in [5, 5.41) is 7.21. The minimum atomic E-state index is -2.65. The van der Waals surface area contributed by atoms with Crippen LogP contribution in [0.2, 0.25) is 0 Å². The van der Waals surface area contributed by atoms with E-state index in [1.165, 1.54) is 17.6 Å². The molecule has 0 aliphatic carbocycles. The summed E-state index contributed by atoms with van der Waals surface area (Å²) in [6, 6.07) is 0.901. The molecule has 0 aromatic carbocycles. The number of rotatable bonds is 0. The van der Waals surface area contributed by atoms with E-state index in [0.717, 1.165) is 12.3 Å². The van der Waals surface area contributed by atoms with Gasteiger partial charge in [0.05, 0.1) is 24.0 Å². The predicted molar refractivity (Wildman–Crippen MR) is 106 cm³/mol. The van der Waals surface area contributed by atoms with E-state index in [2.05, 4.69) is 27.0 Å². The Bertz CT molecular complexity index is 1310. The molecular weight excluding hydrogens is 355 g/mol. The molecule has 7 heteroatoms. The first-order chi connectivity index (χ1) is 15.8. The summed E-state index contributed by atoms with van der Waals surface area (Å²) >= 11 is 0. The molecule has 5 rings (SSSR count). The zero-order chi connectivity index (χ0) is 24.6. The van der Waals surface area contributed by atoms with Gasteiger partial charge in [-0.15, -0.1) is 0 Å². The molecule has 2 bridgehead atoms. The van der Waals surface area contributed by atoms with E-state index in [-0.39, 0.29) is 24.2 Å². The standard InChI is InChI=1S/C21H23FN6/c1-13-5-6-18-16(10-15(22)11-23-18)19-4-3-8-27(19)20-7-9-28-21(26-20)17(12-24-28)14(2)25-13/h7,9-13,19,25H,2-6,8H2,1H3/t13-,19?/m1/s1/i3D2,5D2,6D2. The Morgan fingerprint density at radius 1 is 1.39 bits per heavy atom. The molecule has 1 N–H and O–H groups in total. The first kappa shape index (κ1) is 11.8. The van der Waals surface area contributed by atoms with Crippen LogP contribution in [0.25, 0.3) is 11.3 Å². The summed E-state index contributed by atoms with van der Waals surface area (Å²) < 4.78 is 67.8. The summed E-state index contributed by atoms with van der Waals surface area (Å²) in [7, 11) is 0. The van der Waals surface area contributed by atoms with Gasteiger partial charge in [0.1, 0.15) is 11.6 Å². The van der Waals surface area contributed by atoms with Gasteiger partial charge in [-0.1, -0.05) is 6.58 Å². The molecule has 3 aromatic rings. The number of aromatic nitrogens is 4. The third-order valence-electron chi connectivity index (χ3n) is 5.01. The van der Waals surface area contributed by atoms with E-state index < -0.39 is 37.0 Å². The molecule has 3 aromatic heterocycles. The average Bonchev–Trinajstić information content (AvgIpc) is 3.32. The molecule has 2 aliphatic heterocycles. The second-order valence-corrected chi connectivity index (χ2v) is 6.92. The smallest absolute Gasteiger partial charge is 0.166 e. The van der Waals surface area contributed by atoms with Crippen LogP contribution in [0.5, 0.6) is 0 Å². The highest BCUT2D eigenvalue weighted by atomic mass is 19.1. The van der Waals surface area contributed by atoms with Gasteiger partial charge in [0.15, 0.2) is 5.65 Å². The van der Waals surface area contributed by atoms with Crippen LogP contribution < -0.4 is 10.2 Å². The number of nitrogens with zero attached hydrogens (tertiary/aromatic N) is 5. The van der Waals surface area contributed by atoms with E-state index in [1.807, 2.05) is 0 Å². The lowest BCUT2D eigenvalue weighted by atomic mass is 9.98. The van der Waals surface area contributed by atoms with E-state index in [1.54, 1.807) is 17.2 Å². The van der Waals surface area contributed by atoms with Gasteiger partial charge >= 0.3 is 0 Å². The topological polar surface area (TPSA) is 58.4 Å². The van der Waals surface area contributed by atoms with Crippen LogP contribution in [-0.4, -0.2) is 32.2 Å². The Kier molecular flexibility index (Phi) is 2.77. The highest BCUT2D eigenvalue weighted by Crippen LogP contribution is 2.37. The number of anilines is 1. The van der Waals surface area contributed by atoms with Crippen molar-refractivity contribution < 1.29 is 12.6 Å². The second-order valence-electron chi connectivity index (χ2n) is 6.92. The Morgan fingerprint density at radius 3 is 3.18 bits per heavy atom. The number of hydrogen-bond donors (Lipinski definition) is 1. The van der Waals surface area contributed by atoms with Crippen molar-refractivity contribution in [2.24, 2.45) is 0 Å². The van der Waals surface area contributed by atoms with Crippen molar-refractivity contribution in [2.75, 3.05) is 11.4 Å². The molecule has 1 fully saturated rings. The third kappa shape index (κ3) is 2.82. The van der Waals surface area contributed by atoms with Crippen molar-refractivity contribution in [3.8, 4) is 0 Å². The van der Waals surface area contributed by atoms with Gasteiger partial charge < -0.3 is 10.2 Å². The molecule has 1 unspecified atom stereocenters. The minimum Gasteiger partial charge on any atom is -0.382 e. The van der Waals surface area contributed by atoms with Crippen LogP contribution >= 0.6 is 0 Å². The lowest BCUT2D eigenvalue weighted by molar-refractivity contribution is 0.575. The summed E-state index contributed by atoms with van der Waals surface area (Å²) in [5.41, 5.74) is 1.07. The Hall–Kier alpha value is -2.96. The van der Waals surface area contributed by atoms with Crippen LogP contribution in [-0.2, 0) is 6.37 Å². The van der Waals surface area contributed by atoms with Crippen LogP contribution in [0.15, 0.2) is 37.3 Å². The minimum absolute atomic E-state index is 0.0637. The first-order valence-electron chi connectivity index (χ1n) is 12.0. The summed E-state index contributed by atoms with van der Waals surface area (Å²) in [6.07, 6.45) is -2.84. The van der Waals surface area contributed by atoms with Crippen molar-refractivity contribution in [3.05, 3.63) is 59.9 Å². The maximum atomic E-state index is 14.4. The fourth-order valence-corrected chi connectivity index (χ4v) is 3.66. The molecule has 5 heterocycles. The van der Waals surface area contributed by atoms with Gasteiger partial charge in [-0.05, 0) is 50.2 Å². The van der Waals surface area contributed by atoms with E-state index in [9.17, 15) is 4.39 Å². The zero-order valence-electron chi connectivity index (χ0n) is 21.3. The number of halogens is 1. The first-order valence-corrected chi connectivity index (χ1v) is 9.05. The summed E-state index contributed by atoms with van der Waals surface area (Å²) in [6.45, 7) is 5.43. The number of nitrogens with one attached hydrogen (secondary N) is 1. The van der Waals surface area contributed by atoms with Crippen molar-refractivity contribution in [1.82, 2.24) is 24.9 Å². The maximum absolute atomic E-state index is 14.4. The van der Waals surface area contributed by atoms with E-state index in [4.69, 9.17) is 8.22 Å². The number of hydrogen-bond acceptors (Lipinski definition) is 5. The Labute approximate surface area is 171 Å². The van der Waals surface area contributed by atoms with Gasteiger partial charge in [-0.25, -0.2) is 13.9 Å². The van der Waals surface area contributed by atoms with Crippen molar-refractivity contribution in [2.45, 2.75) is 44.5 Å². The van der Waals surface area contributed by atoms with Gasteiger partial charge in [0, 0.05) is 38.4 Å². The number of fused-ring (bicyclic) bond motifs is 5. The van der Waals surface area contributed by atoms with Crippen LogP contribution in [0.4, 0.5) is 10.2 Å². The number of aryl methyl sites for hydroxylation is 1. The van der Waals surface area contributed by atoms with E-state index >= 15 is 0 Å². The van der Waals surface area contributed by atoms with Crippen molar-refractivity contribution >= 4 is 17.2 Å². The van der Waals surface area contributed by atoms with Crippen LogP contribution in [0, 0.1) is 5.82 Å². The zero-order valence-corrected chi connectivity index (χ0v) is 15.3. The van der Waals surface area contributed by atoms with Gasteiger partial charge in [0.2, 0.25) is 0 Å². The van der Waals surface area contributed by atoms with E-state index in [0.29, 0.717) is 22.7 Å². The number of pyridine rings is 1. The van der Waals surface area contributed by atoms with Crippen molar-refractivity contribution in [1.29, 1.82) is 0 Å². The third-order valence-corrected chi connectivity index (χ3v) is 5.01. The quantitative estimate of drug-likeness (QED) is 0.643. The fourth-order valence-electron chi connectivity index (χ4n) is 3.66. The molecule has 2 aliphatic rings. The van der Waals surface area contributed by atoms with Crippen molar-refractivity contribution in [3.63, 3.8) is 0 Å². The molecule has 6 nitrogen and oxygen atoms in total. The molecule has 0 saturated carbocycles. The molecule has 144 valence electrons. The molecule has 0 amide bonds. The van der Waals surface area contributed by atoms with Crippen LogP contribution in [0.1, 0.15) is 57.2 Å². The SMILES string of the molecule is [2H]C1([2H])CC2c3cc(F)cnc3C([2H])([2H])C([2H])([2H])[C@@H](C)NC(=C)c3cnn4ccc(nc34)N2C1. The Morgan fingerprint density at radius 2 is 2.29 bits per heavy atom. The van der Waals surface area contributed by atoms with Crippen LogP contribution in [0.3, 0.4) is 0 Å².